The topological polar surface area (TPSA) is 102 Å². The van der Waals surface area contributed by atoms with Crippen molar-refractivity contribution in [1.29, 1.82) is 0 Å². The Balaban J connectivity index is 0. The molecule has 1 aromatic rings. The molecule has 0 radical (unpaired) electrons. The first-order valence-electron chi connectivity index (χ1n) is 5.26. The molecule has 0 spiro atoms. The summed E-state index contributed by atoms with van der Waals surface area (Å²) < 4.78 is 4.78. The molecule has 9 heteroatoms. The van der Waals surface area contributed by atoms with Crippen molar-refractivity contribution in [2.45, 2.75) is 6.04 Å². The number of nitrogens with one attached hydrogen (secondary N) is 2. The molecule has 0 saturated carbocycles. The fraction of sp³-hybridized carbons (Fsp3) is 0.500. The Hall–Kier alpha value is -1.15. The first-order valence-corrected chi connectivity index (χ1v) is 5.26. The van der Waals surface area contributed by atoms with Crippen LogP contribution in [0, 0.1) is 0 Å². The smallest absolute Gasteiger partial charge is 0.239 e. The highest BCUT2D eigenvalue weighted by atomic mass is 35.5. The Kier molecular flexibility index (Phi) is 12.6. The molecule has 0 aliphatic carbocycles. The number of amides is 1. The number of anilines is 1. The van der Waals surface area contributed by atoms with Crippen LogP contribution < -0.4 is 16.4 Å². The van der Waals surface area contributed by atoms with E-state index in [1.807, 2.05) is 0 Å². The second-order valence-corrected chi connectivity index (χ2v) is 3.37. The van der Waals surface area contributed by atoms with Gasteiger partial charge in [0.15, 0.2) is 0 Å². The summed E-state index contributed by atoms with van der Waals surface area (Å²) >= 11 is 0. The molecule has 1 atom stereocenters. The maximum Gasteiger partial charge on any atom is 0.239 e. The van der Waals surface area contributed by atoms with Crippen molar-refractivity contribution in [2.75, 3.05) is 32.1 Å². The van der Waals surface area contributed by atoms with Crippen LogP contribution >= 0.6 is 24.8 Å². The lowest BCUT2D eigenvalue weighted by atomic mass is 10.3. The minimum atomic E-state index is -0.628. The van der Waals surface area contributed by atoms with E-state index in [2.05, 4.69) is 20.6 Å². The molecule has 1 rings (SSSR count). The maximum absolute atomic E-state index is 11.4. The fourth-order valence-electron chi connectivity index (χ4n) is 1.15. The van der Waals surface area contributed by atoms with Crippen LogP contribution in [0.3, 0.4) is 0 Å². The molecule has 0 bridgehead atoms. The predicted molar refractivity (Wildman–Crippen MR) is 77.9 cm³/mol. The fourth-order valence-corrected chi connectivity index (χ4v) is 1.15. The summed E-state index contributed by atoms with van der Waals surface area (Å²) in [4.78, 5) is 19.3. The summed E-state index contributed by atoms with van der Waals surface area (Å²) in [6.07, 6.45) is 4.80. The quantitative estimate of drug-likeness (QED) is 0.604. The van der Waals surface area contributed by atoms with Gasteiger partial charge in [-0.15, -0.1) is 24.8 Å². The van der Waals surface area contributed by atoms with Crippen LogP contribution in [0.5, 0.6) is 0 Å². The van der Waals surface area contributed by atoms with E-state index in [1.165, 1.54) is 7.11 Å². The van der Waals surface area contributed by atoms with Crippen molar-refractivity contribution in [3.8, 4) is 0 Å². The monoisotopic (exact) mass is 311 g/mol. The average Bonchev–Trinajstić information content (AvgIpc) is 2.36. The maximum atomic E-state index is 11.4. The first-order chi connectivity index (χ1) is 8.24. The van der Waals surface area contributed by atoms with Crippen LogP contribution in [-0.4, -0.2) is 48.7 Å². The molecule has 0 saturated heterocycles. The molecule has 0 aromatic carbocycles. The molecule has 0 fully saturated rings. The summed E-state index contributed by atoms with van der Waals surface area (Å²) in [6, 6.07) is -0.628. The van der Waals surface area contributed by atoms with E-state index in [9.17, 15) is 4.79 Å². The average molecular weight is 312 g/mol. The summed E-state index contributed by atoms with van der Waals surface area (Å²) in [7, 11) is 1.50. The molecular formula is C10H19Cl2N5O2. The SMILES string of the molecule is COCC(N)C(=O)NCCNc1cnccn1.Cl.Cl. The Morgan fingerprint density at radius 3 is 2.74 bits per heavy atom. The zero-order chi connectivity index (χ0) is 12.5. The molecule has 4 N–H and O–H groups in total. The lowest BCUT2D eigenvalue weighted by Crippen LogP contribution is -2.44. The summed E-state index contributed by atoms with van der Waals surface area (Å²) in [5.74, 6) is 0.440. The van der Waals surface area contributed by atoms with Gasteiger partial charge in [-0.25, -0.2) is 4.98 Å². The summed E-state index contributed by atoms with van der Waals surface area (Å²) in [6.45, 7) is 1.24. The number of hydrogen-bond donors (Lipinski definition) is 3. The van der Waals surface area contributed by atoms with Gasteiger partial charge in [-0.2, -0.15) is 0 Å². The highest BCUT2D eigenvalue weighted by molar-refractivity contribution is 5.85. The zero-order valence-corrected chi connectivity index (χ0v) is 12.2. The minimum Gasteiger partial charge on any atom is -0.383 e. The summed E-state index contributed by atoms with van der Waals surface area (Å²) in [5.41, 5.74) is 5.54. The molecule has 1 heterocycles. The molecule has 1 aromatic heterocycles. The third-order valence-corrected chi connectivity index (χ3v) is 1.98. The van der Waals surface area contributed by atoms with Crippen molar-refractivity contribution < 1.29 is 9.53 Å². The van der Waals surface area contributed by atoms with E-state index in [0.29, 0.717) is 18.9 Å². The number of aromatic nitrogens is 2. The zero-order valence-electron chi connectivity index (χ0n) is 10.5. The van der Waals surface area contributed by atoms with E-state index in [1.54, 1.807) is 18.6 Å². The van der Waals surface area contributed by atoms with Gasteiger partial charge in [0.05, 0.1) is 12.8 Å². The van der Waals surface area contributed by atoms with Crippen LogP contribution in [0.4, 0.5) is 5.82 Å². The molecule has 1 amide bonds. The van der Waals surface area contributed by atoms with Crippen molar-refractivity contribution in [1.82, 2.24) is 15.3 Å². The predicted octanol–water partition coefficient (Wildman–Crippen LogP) is -0.178. The van der Waals surface area contributed by atoms with Gasteiger partial charge < -0.3 is 21.1 Å². The number of hydrogen-bond acceptors (Lipinski definition) is 6. The van der Waals surface area contributed by atoms with E-state index < -0.39 is 6.04 Å². The number of carbonyl (C=O) groups is 1. The third-order valence-electron chi connectivity index (χ3n) is 1.98. The highest BCUT2D eigenvalue weighted by Gasteiger charge is 2.11. The number of ether oxygens (including phenoxy) is 1. The van der Waals surface area contributed by atoms with Gasteiger partial charge in [-0.05, 0) is 0 Å². The Bertz CT molecular complexity index is 342. The number of halogens is 2. The molecule has 110 valence electrons. The van der Waals surface area contributed by atoms with Crippen LogP contribution in [0.2, 0.25) is 0 Å². The number of carbonyl (C=O) groups excluding carboxylic acids is 1. The minimum absolute atomic E-state index is 0. The van der Waals surface area contributed by atoms with Crippen LogP contribution in [0.15, 0.2) is 18.6 Å². The van der Waals surface area contributed by atoms with E-state index in [0.717, 1.165) is 0 Å². The lowest BCUT2D eigenvalue weighted by molar-refractivity contribution is -0.123. The highest BCUT2D eigenvalue weighted by Crippen LogP contribution is 1.94. The van der Waals surface area contributed by atoms with E-state index >= 15 is 0 Å². The number of nitrogens with zero attached hydrogens (tertiary/aromatic N) is 2. The Morgan fingerprint density at radius 1 is 1.42 bits per heavy atom. The van der Waals surface area contributed by atoms with E-state index in [-0.39, 0.29) is 37.3 Å². The molecular weight excluding hydrogens is 293 g/mol. The molecule has 19 heavy (non-hydrogen) atoms. The molecule has 1 unspecified atom stereocenters. The van der Waals surface area contributed by atoms with Crippen LogP contribution in [0.25, 0.3) is 0 Å². The number of rotatable bonds is 7. The van der Waals surface area contributed by atoms with Crippen molar-refractivity contribution in [2.24, 2.45) is 5.73 Å². The van der Waals surface area contributed by atoms with Crippen LogP contribution in [-0.2, 0) is 9.53 Å². The van der Waals surface area contributed by atoms with Gasteiger partial charge in [-0.1, -0.05) is 0 Å². The second kappa shape index (κ2) is 11.9. The molecule has 0 aliphatic heterocycles. The van der Waals surface area contributed by atoms with E-state index in [4.69, 9.17) is 10.5 Å². The second-order valence-electron chi connectivity index (χ2n) is 3.37. The molecule has 0 aliphatic rings. The molecule has 7 nitrogen and oxygen atoms in total. The van der Waals surface area contributed by atoms with Gasteiger partial charge in [0.25, 0.3) is 0 Å². The van der Waals surface area contributed by atoms with Crippen LogP contribution in [0.1, 0.15) is 0 Å². The first kappa shape index (κ1) is 20.2. The number of methoxy groups -OCH3 is 1. The third kappa shape index (κ3) is 8.55. The van der Waals surface area contributed by atoms with Gasteiger partial charge in [0, 0.05) is 32.6 Å². The standard InChI is InChI=1S/C10H17N5O2.2ClH/c1-17-7-8(11)10(16)15-5-4-14-9-6-12-2-3-13-9;;/h2-3,6,8H,4-5,7,11H2,1H3,(H,13,14)(H,15,16);2*1H. The van der Waals surface area contributed by atoms with Crippen molar-refractivity contribution >= 4 is 36.5 Å². The largest absolute Gasteiger partial charge is 0.383 e. The van der Waals surface area contributed by atoms with Gasteiger partial charge in [-0.3, -0.25) is 9.78 Å². The van der Waals surface area contributed by atoms with Gasteiger partial charge in [0.2, 0.25) is 5.91 Å². The van der Waals surface area contributed by atoms with Gasteiger partial charge in [0.1, 0.15) is 11.9 Å². The summed E-state index contributed by atoms with van der Waals surface area (Å²) in [5, 5.41) is 5.69. The Morgan fingerprint density at radius 2 is 2.16 bits per heavy atom. The number of nitrogens with two attached hydrogens (primary N) is 1. The Labute approximate surface area is 124 Å². The lowest BCUT2D eigenvalue weighted by Gasteiger charge is -2.11. The van der Waals surface area contributed by atoms with Crippen molar-refractivity contribution in [3.63, 3.8) is 0 Å². The van der Waals surface area contributed by atoms with Crippen molar-refractivity contribution in [3.05, 3.63) is 18.6 Å². The van der Waals surface area contributed by atoms with Gasteiger partial charge >= 0.3 is 0 Å². The normalized spacial score (nSPS) is 10.6.